The van der Waals surface area contributed by atoms with Gasteiger partial charge in [-0.05, 0) is 44.7 Å². The molecule has 1 aromatic rings. The summed E-state index contributed by atoms with van der Waals surface area (Å²) in [5.41, 5.74) is 1.14. The number of hydrogen-bond acceptors (Lipinski definition) is 2. The Morgan fingerprint density at radius 3 is 2.71 bits per heavy atom. The lowest BCUT2D eigenvalue weighted by molar-refractivity contribution is 0.436. The van der Waals surface area contributed by atoms with Crippen LogP contribution in [0.25, 0.3) is 0 Å². The molecule has 1 saturated carbocycles. The molecule has 0 radical (unpaired) electrons. The van der Waals surface area contributed by atoms with Gasteiger partial charge in [-0.15, -0.1) is 0 Å². The number of nitrogens with one attached hydrogen (secondary N) is 1. The second-order valence-corrected chi connectivity index (χ2v) is 4.27. The molecule has 1 N–H and O–H groups in total. The summed E-state index contributed by atoms with van der Waals surface area (Å²) in [6, 6.07) is 7.08. The number of hydrogen-bond donors (Lipinski definition) is 1. The Kier molecular flexibility index (Phi) is 2.82. The summed E-state index contributed by atoms with van der Waals surface area (Å²) in [7, 11) is 0. The maximum Gasteiger partial charge on any atom is 0.0570 e. The molecule has 0 amide bonds. The summed E-state index contributed by atoms with van der Waals surface area (Å²) in [5, 5.41) is 3.60. The Bertz CT molecular complexity index is 280. The lowest BCUT2D eigenvalue weighted by Gasteiger charge is -2.19. The lowest BCUT2D eigenvalue weighted by atomic mass is 10.1. The predicted molar refractivity (Wildman–Crippen MR) is 58.0 cm³/mol. The molecule has 2 atom stereocenters. The zero-order valence-electron chi connectivity index (χ0n) is 8.90. The summed E-state index contributed by atoms with van der Waals surface area (Å²) in [6.07, 6.45) is 4.64. The van der Waals surface area contributed by atoms with E-state index in [1.807, 2.05) is 18.3 Å². The molecule has 2 nitrogen and oxygen atoms in total. The van der Waals surface area contributed by atoms with Crippen molar-refractivity contribution in [1.29, 1.82) is 0 Å². The summed E-state index contributed by atoms with van der Waals surface area (Å²) < 4.78 is 0. The highest BCUT2D eigenvalue weighted by atomic mass is 15.0. The molecule has 1 aromatic heterocycles. The Morgan fingerprint density at radius 2 is 2.14 bits per heavy atom. The minimum Gasteiger partial charge on any atom is -0.306 e. The van der Waals surface area contributed by atoms with Crippen molar-refractivity contribution in [3.63, 3.8) is 0 Å². The van der Waals surface area contributed by atoms with Crippen LogP contribution in [0.4, 0.5) is 0 Å². The van der Waals surface area contributed by atoms with Gasteiger partial charge < -0.3 is 5.32 Å². The summed E-state index contributed by atoms with van der Waals surface area (Å²) in [4.78, 5) is 4.35. The Labute approximate surface area is 85.7 Å². The average Bonchev–Trinajstić information content (AvgIpc) is 3.02. The minimum absolute atomic E-state index is 0.367. The van der Waals surface area contributed by atoms with Crippen LogP contribution in [0.3, 0.4) is 0 Å². The van der Waals surface area contributed by atoms with E-state index in [0.29, 0.717) is 12.1 Å². The Hall–Kier alpha value is -0.890. The van der Waals surface area contributed by atoms with Crippen LogP contribution in [0.5, 0.6) is 0 Å². The van der Waals surface area contributed by atoms with Gasteiger partial charge in [0, 0.05) is 18.3 Å². The van der Waals surface area contributed by atoms with Crippen molar-refractivity contribution in [3.05, 3.63) is 30.1 Å². The van der Waals surface area contributed by atoms with Crippen LogP contribution >= 0.6 is 0 Å². The second-order valence-electron chi connectivity index (χ2n) is 4.27. The van der Waals surface area contributed by atoms with Gasteiger partial charge in [0.1, 0.15) is 0 Å². The molecule has 0 bridgehead atoms. The van der Waals surface area contributed by atoms with Crippen molar-refractivity contribution < 1.29 is 0 Å². The number of pyridine rings is 1. The van der Waals surface area contributed by atoms with Crippen molar-refractivity contribution in [2.75, 3.05) is 0 Å². The molecule has 0 spiro atoms. The highest BCUT2D eigenvalue weighted by molar-refractivity contribution is 5.08. The smallest absolute Gasteiger partial charge is 0.0570 e. The molecular weight excluding hydrogens is 172 g/mol. The van der Waals surface area contributed by atoms with Crippen LogP contribution in [0.2, 0.25) is 0 Å². The van der Waals surface area contributed by atoms with Gasteiger partial charge in [0.25, 0.3) is 0 Å². The van der Waals surface area contributed by atoms with E-state index >= 15 is 0 Å². The third kappa shape index (κ3) is 2.32. The molecule has 76 valence electrons. The largest absolute Gasteiger partial charge is 0.306 e. The van der Waals surface area contributed by atoms with E-state index in [4.69, 9.17) is 0 Å². The van der Waals surface area contributed by atoms with Crippen LogP contribution in [-0.2, 0) is 0 Å². The minimum atomic E-state index is 0.367. The standard InChI is InChI=1S/C12H18N2/c1-9(11-6-7-11)14-10(2)12-5-3-4-8-13-12/h3-5,8-11,14H,6-7H2,1-2H3/t9?,10-/m0/s1. The molecule has 2 rings (SSSR count). The van der Waals surface area contributed by atoms with Gasteiger partial charge in [-0.1, -0.05) is 6.07 Å². The van der Waals surface area contributed by atoms with Gasteiger partial charge >= 0.3 is 0 Å². The predicted octanol–water partition coefficient (Wildman–Crippen LogP) is 2.53. The maximum absolute atomic E-state index is 4.35. The number of nitrogens with zero attached hydrogens (tertiary/aromatic N) is 1. The summed E-state index contributed by atoms with van der Waals surface area (Å²) in [6.45, 7) is 4.46. The van der Waals surface area contributed by atoms with E-state index in [-0.39, 0.29) is 0 Å². The molecule has 1 aliphatic carbocycles. The summed E-state index contributed by atoms with van der Waals surface area (Å²) >= 11 is 0. The van der Waals surface area contributed by atoms with Crippen molar-refractivity contribution in [2.45, 2.75) is 38.8 Å². The first kappa shape index (κ1) is 9.66. The monoisotopic (exact) mass is 190 g/mol. The fourth-order valence-corrected chi connectivity index (χ4v) is 1.84. The third-order valence-corrected chi connectivity index (χ3v) is 2.97. The lowest BCUT2D eigenvalue weighted by Crippen LogP contribution is -2.30. The fraction of sp³-hybridized carbons (Fsp3) is 0.583. The molecule has 1 aliphatic rings. The average molecular weight is 190 g/mol. The van der Waals surface area contributed by atoms with E-state index in [9.17, 15) is 0 Å². The third-order valence-electron chi connectivity index (χ3n) is 2.97. The zero-order valence-corrected chi connectivity index (χ0v) is 8.90. The number of rotatable bonds is 4. The highest BCUT2D eigenvalue weighted by Gasteiger charge is 2.28. The van der Waals surface area contributed by atoms with E-state index < -0.39 is 0 Å². The molecular formula is C12H18N2. The molecule has 1 unspecified atom stereocenters. The van der Waals surface area contributed by atoms with E-state index in [2.05, 4.69) is 30.2 Å². The maximum atomic E-state index is 4.35. The molecule has 1 fully saturated rings. The first-order valence-electron chi connectivity index (χ1n) is 5.44. The fourth-order valence-electron chi connectivity index (χ4n) is 1.84. The van der Waals surface area contributed by atoms with E-state index in [0.717, 1.165) is 11.6 Å². The topological polar surface area (TPSA) is 24.9 Å². The van der Waals surface area contributed by atoms with Crippen molar-refractivity contribution >= 4 is 0 Å². The Morgan fingerprint density at radius 1 is 1.36 bits per heavy atom. The van der Waals surface area contributed by atoms with Crippen molar-refractivity contribution in [3.8, 4) is 0 Å². The number of aromatic nitrogens is 1. The molecule has 0 aliphatic heterocycles. The van der Waals surface area contributed by atoms with Crippen molar-refractivity contribution in [2.24, 2.45) is 5.92 Å². The van der Waals surface area contributed by atoms with Crippen molar-refractivity contribution in [1.82, 2.24) is 10.3 Å². The highest BCUT2D eigenvalue weighted by Crippen LogP contribution is 2.33. The quantitative estimate of drug-likeness (QED) is 0.789. The molecule has 0 saturated heterocycles. The van der Waals surface area contributed by atoms with Gasteiger partial charge in [0.05, 0.1) is 5.69 Å². The SMILES string of the molecule is CC(N[C@@H](C)c1ccccn1)C1CC1. The second kappa shape index (κ2) is 4.09. The molecule has 2 heteroatoms. The van der Waals surface area contributed by atoms with Gasteiger partial charge in [-0.25, -0.2) is 0 Å². The first-order valence-corrected chi connectivity index (χ1v) is 5.44. The molecule has 0 aromatic carbocycles. The van der Waals surface area contributed by atoms with Crippen LogP contribution in [0.1, 0.15) is 38.4 Å². The van der Waals surface area contributed by atoms with E-state index in [1.54, 1.807) is 0 Å². The zero-order chi connectivity index (χ0) is 9.97. The normalized spacial score (nSPS) is 20.4. The van der Waals surface area contributed by atoms with E-state index in [1.165, 1.54) is 12.8 Å². The first-order chi connectivity index (χ1) is 6.77. The van der Waals surface area contributed by atoms with Gasteiger partial charge in [0.15, 0.2) is 0 Å². The van der Waals surface area contributed by atoms with Gasteiger partial charge in [-0.3, -0.25) is 4.98 Å². The Balaban J connectivity index is 1.91. The van der Waals surface area contributed by atoms with Crippen LogP contribution < -0.4 is 5.32 Å². The van der Waals surface area contributed by atoms with Crippen LogP contribution in [-0.4, -0.2) is 11.0 Å². The summed E-state index contributed by atoms with van der Waals surface area (Å²) in [5.74, 6) is 0.904. The molecule has 14 heavy (non-hydrogen) atoms. The van der Waals surface area contributed by atoms with Crippen LogP contribution in [0.15, 0.2) is 24.4 Å². The van der Waals surface area contributed by atoms with Gasteiger partial charge in [-0.2, -0.15) is 0 Å². The van der Waals surface area contributed by atoms with Gasteiger partial charge in [0.2, 0.25) is 0 Å². The molecule has 1 heterocycles. The van der Waals surface area contributed by atoms with Crippen LogP contribution in [0, 0.1) is 5.92 Å².